The number of hydrogen-bond donors (Lipinski definition) is 3. The van der Waals surface area contributed by atoms with Gasteiger partial charge >= 0.3 is 0 Å². The molecule has 5 N–H and O–H groups in total. The fourth-order valence-electron chi connectivity index (χ4n) is 2.68. The third-order valence-electron chi connectivity index (χ3n) is 3.82. The Morgan fingerprint density at radius 1 is 1.31 bits per heavy atom. The molecule has 26 heavy (non-hydrogen) atoms. The zero-order chi connectivity index (χ0) is 18.7. The minimum Gasteiger partial charge on any atom is -0.405 e. The minimum atomic E-state index is 0.175. The van der Waals surface area contributed by atoms with E-state index in [1.165, 1.54) is 6.20 Å². The highest BCUT2D eigenvalue weighted by atomic mass is 35.5. The van der Waals surface area contributed by atoms with Gasteiger partial charge in [-0.2, -0.15) is 4.98 Å². The molecule has 6 nitrogen and oxygen atoms in total. The van der Waals surface area contributed by atoms with Crippen molar-refractivity contribution in [3.05, 3.63) is 72.2 Å². The fraction of sp³-hybridized carbons (Fsp3) is 0.0526. The summed E-state index contributed by atoms with van der Waals surface area (Å²) in [5.41, 5.74) is 14.7. The zero-order valence-corrected chi connectivity index (χ0v) is 15.0. The first-order chi connectivity index (χ1) is 12.5. The SMILES string of the molecule is C=C/C=C(\C=C/N)n1ccc2cc(Nc3nc(N)nc(C)c3Cl)ccc21. The number of nitrogen functional groups attached to an aromatic ring is 1. The molecule has 0 amide bonds. The topological polar surface area (TPSA) is 94.8 Å². The van der Waals surface area contributed by atoms with Crippen LogP contribution in [0.5, 0.6) is 0 Å². The number of nitrogens with one attached hydrogen (secondary N) is 1. The quantitative estimate of drug-likeness (QED) is 0.588. The van der Waals surface area contributed by atoms with Crippen molar-refractivity contribution in [3.8, 4) is 0 Å². The van der Waals surface area contributed by atoms with Gasteiger partial charge in [0, 0.05) is 23.0 Å². The number of benzene rings is 1. The number of allylic oxidation sites excluding steroid dienone is 4. The van der Waals surface area contributed by atoms with Crippen molar-refractivity contribution in [2.45, 2.75) is 6.92 Å². The van der Waals surface area contributed by atoms with Gasteiger partial charge in [0.25, 0.3) is 0 Å². The van der Waals surface area contributed by atoms with Crippen molar-refractivity contribution in [3.63, 3.8) is 0 Å². The first-order valence-electron chi connectivity index (χ1n) is 7.92. The summed E-state index contributed by atoms with van der Waals surface area (Å²) >= 11 is 6.27. The predicted molar refractivity (Wildman–Crippen MR) is 109 cm³/mol. The Kier molecular flexibility index (Phi) is 4.95. The average Bonchev–Trinajstić information content (AvgIpc) is 3.02. The van der Waals surface area contributed by atoms with Crippen LogP contribution in [-0.4, -0.2) is 14.5 Å². The van der Waals surface area contributed by atoms with Gasteiger partial charge in [0.2, 0.25) is 5.95 Å². The van der Waals surface area contributed by atoms with Gasteiger partial charge in [-0.15, -0.1) is 0 Å². The Hall–Kier alpha value is -3.25. The van der Waals surface area contributed by atoms with Gasteiger partial charge < -0.3 is 21.4 Å². The van der Waals surface area contributed by atoms with Crippen LogP contribution in [0.3, 0.4) is 0 Å². The first-order valence-corrected chi connectivity index (χ1v) is 8.30. The van der Waals surface area contributed by atoms with Crippen LogP contribution in [0.4, 0.5) is 17.5 Å². The van der Waals surface area contributed by atoms with E-state index >= 15 is 0 Å². The minimum absolute atomic E-state index is 0.175. The van der Waals surface area contributed by atoms with Gasteiger partial charge in [-0.1, -0.05) is 24.3 Å². The molecule has 0 atom stereocenters. The monoisotopic (exact) mass is 366 g/mol. The molecule has 0 bridgehead atoms. The van der Waals surface area contributed by atoms with Crippen molar-refractivity contribution in [1.29, 1.82) is 0 Å². The van der Waals surface area contributed by atoms with Crippen LogP contribution in [0.2, 0.25) is 5.02 Å². The summed E-state index contributed by atoms with van der Waals surface area (Å²) in [6.45, 7) is 5.53. The van der Waals surface area contributed by atoms with Gasteiger partial charge in [-0.05, 0) is 49.5 Å². The van der Waals surface area contributed by atoms with E-state index in [0.29, 0.717) is 16.5 Å². The van der Waals surface area contributed by atoms with Crippen LogP contribution < -0.4 is 16.8 Å². The summed E-state index contributed by atoms with van der Waals surface area (Å²) in [5.74, 6) is 0.656. The molecule has 2 heterocycles. The molecule has 1 aromatic carbocycles. The molecule has 0 aliphatic carbocycles. The maximum Gasteiger partial charge on any atom is 0.222 e. The van der Waals surface area contributed by atoms with Crippen molar-refractivity contribution in [2.75, 3.05) is 11.1 Å². The molecule has 0 saturated heterocycles. The number of fused-ring (bicyclic) bond motifs is 1. The number of nitrogens with zero attached hydrogens (tertiary/aromatic N) is 3. The normalized spacial score (nSPS) is 12.0. The van der Waals surface area contributed by atoms with E-state index in [-0.39, 0.29) is 5.95 Å². The standard InChI is InChI=1S/C19H19ClN6/c1-3-4-15(7-9-21)26-10-8-13-11-14(5-6-16(13)26)24-18-17(20)12(2)23-19(22)25-18/h3-11H,1,21H2,2H3,(H3,22,23,24,25)/b9-7-,15-4+. The molecule has 0 spiro atoms. The number of aromatic nitrogens is 3. The van der Waals surface area contributed by atoms with Crippen LogP contribution in [-0.2, 0) is 0 Å². The van der Waals surface area contributed by atoms with Gasteiger partial charge in [0.15, 0.2) is 5.82 Å². The molecule has 0 unspecified atom stereocenters. The Morgan fingerprint density at radius 2 is 2.12 bits per heavy atom. The molecule has 0 radical (unpaired) electrons. The van der Waals surface area contributed by atoms with Gasteiger partial charge in [-0.3, -0.25) is 0 Å². The van der Waals surface area contributed by atoms with Crippen molar-refractivity contribution >= 4 is 45.7 Å². The summed E-state index contributed by atoms with van der Waals surface area (Å²) in [4.78, 5) is 8.21. The summed E-state index contributed by atoms with van der Waals surface area (Å²) in [6, 6.07) is 7.97. The Labute approximate surface area is 156 Å². The lowest BCUT2D eigenvalue weighted by atomic mass is 10.2. The van der Waals surface area contributed by atoms with E-state index in [2.05, 4.69) is 21.9 Å². The van der Waals surface area contributed by atoms with E-state index < -0.39 is 0 Å². The van der Waals surface area contributed by atoms with Crippen LogP contribution >= 0.6 is 11.6 Å². The second-order valence-corrected chi connectivity index (χ2v) is 5.98. The predicted octanol–water partition coefficient (Wildman–Crippen LogP) is 4.22. The summed E-state index contributed by atoms with van der Waals surface area (Å²) in [6.07, 6.45) is 8.91. The highest BCUT2D eigenvalue weighted by molar-refractivity contribution is 6.33. The van der Waals surface area contributed by atoms with Gasteiger partial charge in [0.1, 0.15) is 5.02 Å². The van der Waals surface area contributed by atoms with Crippen LogP contribution in [0.25, 0.3) is 16.6 Å². The van der Waals surface area contributed by atoms with Crippen LogP contribution in [0.15, 0.2) is 61.5 Å². The number of anilines is 3. The van der Waals surface area contributed by atoms with Crippen LogP contribution in [0, 0.1) is 6.92 Å². The van der Waals surface area contributed by atoms with Crippen LogP contribution in [0.1, 0.15) is 5.69 Å². The van der Waals surface area contributed by atoms with E-state index in [9.17, 15) is 0 Å². The lowest BCUT2D eigenvalue weighted by Gasteiger charge is -2.11. The molecule has 3 aromatic rings. The van der Waals surface area contributed by atoms with E-state index in [4.69, 9.17) is 23.1 Å². The number of nitrogens with two attached hydrogens (primary N) is 2. The zero-order valence-electron chi connectivity index (χ0n) is 14.3. The second kappa shape index (κ2) is 7.33. The van der Waals surface area contributed by atoms with Crippen molar-refractivity contribution in [1.82, 2.24) is 14.5 Å². The summed E-state index contributed by atoms with van der Waals surface area (Å²) < 4.78 is 2.03. The molecule has 0 aliphatic heterocycles. The Balaban J connectivity index is 1.99. The largest absolute Gasteiger partial charge is 0.405 e. The molecule has 132 valence electrons. The third kappa shape index (κ3) is 3.41. The molecule has 0 saturated carbocycles. The average molecular weight is 367 g/mol. The number of hydrogen-bond acceptors (Lipinski definition) is 5. The molecule has 7 heteroatoms. The maximum atomic E-state index is 6.27. The molecule has 0 fully saturated rings. The van der Waals surface area contributed by atoms with Crippen molar-refractivity contribution in [2.24, 2.45) is 5.73 Å². The lowest BCUT2D eigenvalue weighted by molar-refractivity contribution is 1.12. The second-order valence-electron chi connectivity index (χ2n) is 5.60. The van der Waals surface area contributed by atoms with Crippen molar-refractivity contribution < 1.29 is 0 Å². The number of aryl methyl sites for hydroxylation is 1. The fourth-order valence-corrected chi connectivity index (χ4v) is 2.81. The molecular formula is C19H19ClN6. The van der Waals surface area contributed by atoms with Gasteiger partial charge in [0.05, 0.1) is 11.2 Å². The molecule has 0 aliphatic rings. The smallest absolute Gasteiger partial charge is 0.222 e. The molecular weight excluding hydrogens is 348 g/mol. The third-order valence-corrected chi connectivity index (χ3v) is 4.27. The van der Waals surface area contributed by atoms with E-state index in [1.807, 2.05) is 47.2 Å². The highest BCUT2D eigenvalue weighted by Crippen LogP contribution is 2.29. The van der Waals surface area contributed by atoms with E-state index in [1.54, 1.807) is 13.0 Å². The highest BCUT2D eigenvalue weighted by Gasteiger charge is 2.10. The summed E-state index contributed by atoms with van der Waals surface area (Å²) in [7, 11) is 0. The van der Waals surface area contributed by atoms with Gasteiger partial charge in [-0.25, -0.2) is 4.98 Å². The Morgan fingerprint density at radius 3 is 2.85 bits per heavy atom. The maximum absolute atomic E-state index is 6.27. The molecule has 2 aromatic heterocycles. The first kappa shape index (κ1) is 17.6. The lowest BCUT2D eigenvalue weighted by Crippen LogP contribution is -2.03. The number of halogens is 1. The molecule has 3 rings (SSSR count). The Bertz CT molecular complexity index is 1030. The summed E-state index contributed by atoms with van der Waals surface area (Å²) in [5, 5.41) is 4.69. The number of rotatable bonds is 5. The van der Waals surface area contributed by atoms with E-state index in [0.717, 1.165) is 22.3 Å².